The average Bonchev–Trinajstić information content (AvgIpc) is 3.13. The molecule has 1 N–H and O–H groups in total. The highest BCUT2D eigenvalue weighted by Gasteiger charge is 2.16. The third-order valence-electron chi connectivity index (χ3n) is 3.48. The van der Waals surface area contributed by atoms with Crippen molar-refractivity contribution >= 4 is 22.9 Å². The Hall–Kier alpha value is -2.24. The summed E-state index contributed by atoms with van der Waals surface area (Å²) in [5.74, 6) is 1.44. The van der Waals surface area contributed by atoms with Gasteiger partial charge in [0.15, 0.2) is 16.3 Å². The van der Waals surface area contributed by atoms with Gasteiger partial charge in [-0.3, -0.25) is 9.98 Å². The van der Waals surface area contributed by atoms with E-state index in [2.05, 4.69) is 0 Å². The lowest BCUT2D eigenvalue weighted by atomic mass is 10.1. The third kappa shape index (κ3) is 2.19. The van der Waals surface area contributed by atoms with Crippen molar-refractivity contribution in [3.8, 4) is 28.4 Å². The average molecular weight is 331 g/mol. The molecule has 0 aliphatic carbocycles. The second-order valence-corrected chi connectivity index (χ2v) is 6.10. The van der Waals surface area contributed by atoms with Crippen LogP contribution in [0.15, 0.2) is 47.8 Å². The summed E-state index contributed by atoms with van der Waals surface area (Å²) in [5.41, 5.74) is 2.84. The van der Waals surface area contributed by atoms with E-state index in [0.29, 0.717) is 15.6 Å². The lowest BCUT2D eigenvalue weighted by Crippen LogP contribution is -2.12. The summed E-state index contributed by atoms with van der Waals surface area (Å²) in [6.07, 6.45) is 0. The SMILES string of the molecule is N=c1scc(-c2ccc(Cl)cc2)n1-c1ccc2c(c1)OCO2. The molecule has 110 valence electrons. The van der Waals surface area contributed by atoms with Crippen molar-refractivity contribution in [2.24, 2.45) is 0 Å². The predicted octanol–water partition coefficient (Wildman–Crippen LogP) is 4.07. The van der Waals surface area contributed by atoms with E-state index in [1.807, 2.05) is 52.4 Å². The summed E-state index contributed by atoms with van der Waals surface area (Å²) < 4.78 is 12.7. The Labute approximate surface area is 135 Å². The van der Waals surface area contributed by atoms with Crippen LogP contribution in [0.3, 0.4) is 0 Å². The number of benzene rings is 2. The first-order valence-corrected chi connectivity index (χ1v) is 7.89. The van der Waals surface area contributed by atoms with Gasteiger partial charge in [0.25, 0.3) is 0 Å². The van der Waals surface area contributed by atoms with Crippen LogP contribution in [0.2, 0.25) is 5.02 Å². The zero-order valence-corrected chi connectivity index (χ0v) is 12.9. The minimum atomic E-state index is 0.241. The van der Waals surface area contributed by atoms with Crippen molar-refractivity contribution < 1.29 is 9.47 Å². The number of nitrogens with one attached hydrogen (secondary N) is 1. The van der Waals surface area contributed by atoms with Crippen LogP contribution < -0.4 is 14.3 Å². The summed E-state index contributed by atoms with van der Waals surface area (Å²) in [6.45, 7) is 0.241. The van der Waals surface area contributed by atoms with Crippen LogP contribution in [0.25, 0.3) is 16.9 Å². The first-order chi connectivity index (χ1) is 10.7. The fourth-order valence-electron chi connectivity index (χ4n) is 2.42. The van der Waals surface area contributed by atoms with Crippen molar-refractivity contribution in [2.45, 2.75) is 0 Å². The van der Waals surface area contributed by atoms with E-state index >= 15 is 0 Å². The van der Waals surface area contributed by atoms with Crippen LogP contribution in [-0.4, -0.2) is 11.4 Å². The van der Waals surface area contributed by atoms with E-state index < -0.39 is 0 Å². The number of ether oxygens (including phenoxy) is 2. The summed E-state index contributed by atoms with van der Waals surface area (Å²) in [4.78, 5) is 0.448. The molecule has 6 heteroatoms. The minimum Gasteiger partial charge on any atom is -0.454 e. The standard InChI is InChI=1S/C16H11ClN2O2S/c17-11-3-1-10(2-4-11)13-8-22-16(18)19(13)12-5-6-14-15(7-12)21-9-20-14/h1-8,18H,9H2. The van der Waals surface area contributed by atoms with E-state index in [1.54, 1.807) is 0 Å². The number of thiazole rings is 1. The lowest BCUT2D eigenvalue weighted by Gasteiger charge is -2.09. The molecule has 1 aliphatic rings. The topological polar surface area (TPSA) is 47.2 Å². The van der Waals surface area contributed by atoms with Crippen LogP contribution >= 0.6 is 22.9 Å². The van der Waals surface area contributed by atoms with E-state index in [1.165, 1.54) is 11.3 Å². The highest BCUT2D eigenvalue weighted by atomic mass is 35.5. The Kier molecular flexibility index (Phi) is 3.17. The van der Waals surface area contributed by atoms with Crippen LogP contribution in [0, 0.1) is 5.41 Å². The van der Waals surface area contributed by atoms with Crippen LogP contribution in [0.1, 0.15) is 0 Å². The van der Waals surface area contributed by atoms with Crippen LogP contribution in [0.4, 0.5) is 0 Å². The van der Waals surface area contributed by atoms with Gasteiger partial charge < -0.3 is 9.47 Å². The molecule has 1 aliphatic heterocycles. The molecule has 22 heavy (non-hydrogen) atoms. The largest absolute Gasteiger partial charge is 0.454 e. The molecule has 0 amide bonds. The Morgan fingerprint density at radius 2 is 1.82 bits per heavy atom. The molecule has 4 nitrogen and oxygen atoms in total. The first-order valence-electron chi connectivity index (χ1n) is 6.63. The van der Waals surface area contributed by atoms with Gasteiger partial charge in [-0.2, -0.15) is 0 Å². The monoisotopic (exact) mass is 330 g/mol. The van der Waals surface area contributed by atoms with Crippen LogP contribution in [-0.2, 0) is 0 Å². The van der Waals surface area contributed by atoms with Gasteiger partial charge in [0, 0.05) is 16.5 Å². The summed E-state index contributed by atoms with van der Waals surface area (Å²) in [6, 6.07) is 13.3. The summed E-state index contributed by atoms with van der Waals surface area (Å²) in [5, 5.41) is 10.9. The number of fused-ring (bicyclic) bond motifs is 1. The quantitative estimate of drug-likeness (QED) is 0.770. The maximum Gasteiger partial charge on any atom is 0.231 e. The third-order valence-corrected chi connectivity index (χ3v) is 4.48. The maximum atomic E-state index is 8.20. The maximum absolute atomic E-state index is 8.20. The van der Waals surface area contributed by atoms with E-state index in [4.69, 9.17) is 26.5 Å². The first kappa shape index (κ1) is 13.4. The Bertz CT molecular complexity index is 899. The number of hydrogen-bond donors (Lipinski definition) is 1. The lowest BCUT2D eigenvalue weighted by molar-refractivity contribution is 0.174. The molecular weight excluding hydrogens is 320 g/mol. The zero-order valence-electron chi connectivity index (χ0n) is 11.4. The molecule has 0 saturated carbocycles. The molecule has 0 spiro atoms. The number of hydrogen-bond acceptors (Lipinski definition) is 4. The molecule has 0 unspecified atom stereocenters. The van der Waals surface area contributed by atoms with E-state index in [-0.39, 0.29) is 6.79 Å². The number of rotatable bonds is 2. The molecule has 1 aromatic heterocycles. The second kappa shape index (κ2) is 5.19. The second-order valence-electron chi connectivity index (χ2n) is 4.81. The summed E-state index contributed by atoms with van der Waals surface area (Å²) >= 11 is 7.34. The molecule has 0 saturated heterocycles. The van der Waals surface area contributed by atoms with E-state index in [0.717, 1.165) is 22.7 Å². The van der Waals surface area contributed by atoms with Gasteiger partial charge in [0.1, 0.15) is 0 Å². The van der Waals surface area contributed by atoms with Gasteiger partial charge in [0.2, 0.25) is 6.79 Å². The summed E-state index contributed by atoms with van der Waals surface area (Å²) in [7, 11) is 0. The predicted molar refractivity (Wildman–Crippen MR) is 86.1 cm³/mol. The number of nitrogens with zero attached hydrogens (tertiary/aromatic N) is 1. The van der Waals surface area contributed by atoms with Gasteiger partial charge >= 0.3 is 0 Å². The molecule has 0 radical (unpaired) electrons. The normalized spacial score (nSPS) is 12.6. The van der Waals surface area contributed by atoms with Crippen molar-refractivity contribution in [3.05, 3.63) is 57.7 Å². The molecule has 0 bridgehead atoms. The van der Waals surface area contributed by atoms with Crippen molar-refractivity contribution in [1.82, 2.24) is 4.57 Å². The Balaban J connectivity index is 1.87. The molecule has 2 heterocycles. The number of halogens is 1. The smallest absolute Gasteiger partial charge is 0.231 e. The fourth-order valence-corrected chi connectivity index (χ4v) is 3.32. The molecule has 0 atom stereocenters. The number of aromatic nitrogens is 1. The molecule has 3 aromatic rings. The Morgan fingerprint density at radius 3 is 2.64 bits per heavy atom. The molecule has 4 rings (SSSR count). The van der Waals surface area contributed by atoms with Crippen molar-refractivity contribution in [2.75, 3.05) is 6.79 Å². The minimum absolute atomic E-state index is 0.241. The van der Waals surface area contributed by atoms with Gasteiger partial charge in [-0.1, -0.05) is 23.7 Å². The zero-order chi connectivity index (χ0) is 15.1. The van der Waals surface area contributed by atoms with Gasteiger partial charge in [-0.25, -0.2) is 0 Å². The fraction of sp³-hybridized carbons (Fsp3) is 0.0625. The van der Waals surface area contributed by atoms with Gasteiger partial charge in [0.05, 0.1) is 11.4 Å². The molecule has 2 aromatic carbocycles. The van der Waals surface area contributed by atoms with E-state index in [9.17, 15) is 0 Å². The van der Waals surface area contributed by atoms with Gasteiger partial charge in [-0.15, -0.1) is 11.3 Å². The van der Waals surface area contributed by atoms with Gasteiger partial charge in [-0.05, 0) is 29.8 Å². The Morgan fingerprint density at radius 1 is 1.05 bits per heavy atom. The molecule has 0 fully saturated rings. The van der Waals surface area contributed by atoms with Crippen LogP contribution in [0.5, 0.6) is 11.5 Å². The van der Waals surface area contributed by atoms with Crippen molar-refractivity contribution in [1.29, 1.82) is 5.41 Å². The highest BCUT2D eigenvalue weighted by Crippen LogP contribution is 2.34. The van der Waals surface area contributed by atoms with Crippen molar-refractivity contribution in [3.63, 3.8) is 0 Å². The molecular formula is C16H11ClN2O2S. The highest BCUT2D eigenvalue weighted by molar-refractivity contribution is 7.07.